The first kappa shape index (κ1) is 14.9. The number of rotatable bonds is 6. The van der Waals surface area contributed by atoms with Crippen molar-refractivity contribution >= 4 is 17.6 Å². The highest BCUT2D eigenvalue weighted by molar-refractivity contribution is 5.90. The molecule has 0 fully saturated rings. The molecule has 2 N–H and O–H groups in total. The van der Waals surface area contributed by atoms with Crippen LogP contribution in [0, 0.1) is 0 Å². The number of hydrogen-bond acceptors (Lipinski definition) is 6. The van der Waals surface area contributed by atoms with Crippen molar-refractivity contribution < 1.29 is 19.1 Å². The third-order valence-corrected chi connectivity index (χ3v) is 2.39. The maximum absolute atomic E-state index is 11.5. The summed E-state index contributed by atoms with van der Waals surface area (Å²) in [6.45, 7) is 4.12. The van der Waals surface area contributed by atoms with Crippen LogP contribution in [0.25, 0.3) is 0 Å². The molecule has 0 aliphatic rings. The van der Waals surface area contributed by atoms with Crippen molar-refractivity contribution in [1.29, 1.82) is 0 Å². The van der Waals surface area contributed by atoms with E-state index in [2.05, 4.69) is 4.98 Å². The second-order valence-electron chi connectivity index (χ2n) is 3.79. The Morgan fingerprint density at radius 1 is 1.26 bits per heavy atom. The minimum atomic E-state index is -0.460. The summed E-state index contributed by atoms with van der Waals surface area (Å²) in [4.78, 5) is 26.8. The van der Waals surface area contributed by atoms with Crippen LogP contribution in [0.3, 0.4) is 0 Å². The third-order valence-electron chi connectivity index (χ3n) is 2.39. The first-order chi connectivity index (χ1) is 9.08. The largest absolute Gasteiger partial charge is 0.466 e. The van der Waals surface area contributed by atoms with Crippen molar-refractivity contribution in [3.8, 4) is 0 Å². The molecule has 1 aromatic heterocycles. The SMILES string of the molecule is CCOC(=O)CCc1ncc(C(=O)OCC)cc1N. The Kier molecular flexibility index (Phi) is 5.78. The molecule has 1 rings (SSSR count). The number of aryl methyl sites for hydroxylation is 1. The van der Waals surface area contributed by atoms with Crippen LogP contribution in [-0.2, 0) is 20.7 Å². The van der Waals surface area contributed by atoms with Crippen molar-refractivity contribution in [3.05, 3.63) is 23.5 Å². The molecule has 0 unspecified atom stereocenters. The van der Waals surface area contributed by atoms with Gasteiger partial charge in [0.1, 0.15) is 0 Å². The molecule has 0 saturated heterocycles. The number of esters is 2. The van der Waals surface area contributed by atoms with Gasteiger partial charge in [-0.15, -0.1) is 0 Å². The number of pyridine rings is 1. The number of carbonyl (C=O) groups is 2. The Morgan fingerprint density at radius 3 is 2.53 bits per heavy atom. The number of hydrogen-bond donors (Lipinski definition) is 1. The molecule has 1 aromatic rings. The van der Waals surface area contributed by atoms with Gasteiger partial charge in [-0.25, -0.2) is 4.79 Å². The molecule has 0 bridgehead atoms. The second kappa shape index (κ2) is 7.35. The monoisotopic (exact) mass is 266 g/mol. The predicted molar refractivity (Wildman–Crippen MR) is 69.6 cm³/mol. The Hall–Kier alpha value is -2.11. The van der Waals surface area contributed by atoms with E-state index in [1.165, 1.54) is 12.3 Å². The van der Waals surface area contributed by atoms with E-state index in [-0.39, 0.29) is 12.4 Å². The zero-order chi connectivity index (χ0) is 14.3. The van der Waals surface area contributed by atoms with Gasteiger partial charge in [0.15, 0.2) is 0 Å². The van der Waals surface area contributed by atoms with E-state index in [4.69, 9.17) is 15.2 Å². The van der Waals surface area contributed by atoms with Crippen LogP contribution in [0.15, 0.2) is 12.3 Å². The molecule has 0 amide bonds. The number of carbonyl (C=O) groups excluding carboxylic acids is 2. The maximum Gasteiger partial charge on any atom is 0.339 e. The molecule has 0 saturated carbocycles. The van der Waals surface area contributed by atoms with E-state index in [1.807, 2.05) is 0 Å². The van der Waals surface area contributed by atoms with Crippen molar-refractivity contribution in [2.75, 3.05) is 18.9 Å². The Balaban J connectivity index is 2.67. The summed E-state index contributed by atoms with van der Waals surface area (Å²) in [5.41, 5.74) is 7.04. The smallest absolute Gasteiger partial charge is 0.339 e. The summed E-state index contributed by atoms with van der Waals surface area (Å²) in [6, 6.07) is 1.51. The van der Waals surface area contributed by atoms with Crippen molar-refractivity contribution in [3.63, 3.8) is 0 Å². The molecule has 0 aliphatic heterocycles. The first-order valence-corrected chi connectivity index (χ1v) is 6.15. The van der Waals surface area contributed by atoms with Crippen molar-refractivity contribution in [2.24, 2.45) is 0 Å². The molecule has 0 aromatic carbocycles. The third kappa shape index (κ3) is 4.57. The lowest BCUT2D eigenvalue weighted by Gasteiger charge is -2.07. The molecular formula is C13H18N2O4. The number of aromatic nitrogens is 1. The highest BCUT2D eigenvalue weighted by Crippen LogP contribution is 2.14. The van der Waals surface area contributed by atoms with Gasteiger partial charge in [0.05, 0.1) is 36.6 Å². The molecule has 6 nitrogen and oxygen atoms in total. The Bertz CT molecular complexity index is 460. The molecule has 0 radical (unpaired) electrons. The van der Waals surface area contributed by atoms with Crippen LogP contribution in [0.4, 0.5) is 5.69 Å². The second-order valence-corrected chi connectivity index (χ2v) is 3.79. The molecule has 6 heteroatoms. The Morgan fingerprint density at radius 2 is 1.95 bits per heavy atom. The van der Waals surface area contributed by atoms with Gasteiger partial charge in [-0.1, -0.05) is 0 Å². The minimum absolute atomic E-state index is 0.212. The summed E-state index contributed by atoms with van der Waals surface area (Å²) in [5, 5.41) is 0. The average Bonchev–Trinajstić information content (AvgIpc) is 2.38. The molecule has 1 heterocycles. The Labute approximate surface area is 111 Å². The van der Waals surface area contributed by atoms with Gasteiger partial charge in [-0.3, -0.25) is 9.78 Å². The van der Waals surface area contributed by atoms with Gasteiger partial charge in [-0.05, 0) is 19.9 Å². The van der Waals surface area contributed by atoms with Crippen molar-refractivity contribution in [2.45, 2.75) is 26.7 Å². The van der Waals surface area contributed by atoms with Gasteiger partial charge in [0.25, 0.3) is 0 Å². The quantitative estimate of drug-likeness (QED) is 0.781. The lowest BCUT2D eigenvalue weighted by atomic mass is 10.1. The van der Waals surface area contributed by atoms with Gasteiger partial charge < -0.3 is 15.2 Å². The van der Waals surface area contributed by atoms with E-state index in [0.29, 0.717) is 36.6 Å². The van der Waals surface area contributed by atoms with E-state index in [0.717, 1.165) is 0 Å². The summed E-state index contributed by atoms with van der Waals surface area (Å²) >= 11 is 0. The highest BCUT2D eigenvalue weighted by Gasteiger charge is 2.11. The van der Waals surface area contributed by atoms with Crippen LogP contribution in [0.5, 0.6) is 0 Å². The van der Waals surface area contributed by atoms with Crippen LogP contribution in [0.2, 0.25) is 0 Å². The van der Waals surface area contributed by atoms with Crippen LogP contribution >= 0.6 is 0 Å². The topological polar surface area (TPSA) is 91.5 Å². The molecule has 0 spiro atoms. The summed E-state index contributed by atoms with van der Waals surface area (Å²) in [7, 11) is 0. The zero-order valence-electron chi connectivity index (χ0n) is 11.1. The van der Waals surface area contributed by atoms with Crippen LogP contribution < -0.4 is 5.73 Å². The summed E-state index contributed by atoms with van der Waals surface area (Å²) < 4.78 is 9.66. The predicted octanol–water partition coefficient (Wildman–Crippen LogP) is 1.34. The number of nitrogens with two attached hydrogens (primary N) is 1. The van der Waals surface area contributed by atoms with Crippen molar-refractivity contribution in [1.82, 2.24) is 4.98 Å². The zero-order valence-corrected chi connectivity index (χ0v) is 11.1. The number of nitrogens with zero attached hydrogens (tertiary/aromatic N) is 1. The van der Waals surface area contributed by atoms with Crippen LogP contribution in [0.1, 0.15) is 36.3 Å². The number of nitrogen functional groups attached to an aromatic ring is 1. The first-order valence-electron chi connectivity index (χ1n) is 6.15. The highest BCUT2D eigenvalue weighted by atomic mass is 16.5. The standard InChI is InChI=1S/C13H18N2O4/c1-3-18-12(16)6-5-11-10(14)7-9(8-15-11)13(17)19-4-2/h7-8H,3-6,14H2,1-2H3. The molecule has 0 aliphatic carbocycles. The van der Waals surface area contributed by atoms with Gasteiger partial charge >= 0.3 is 11.9 Å². The van der Waals surface area contributed by atoms with Gasteiger partial charge in [-0.2, -0.15) is 0 Å². The molecular weight excluding hydrogens is 248 g/mol. The molecule has 19 heavy (non-hydrogen) atoms. The fourth-order valence-electron chi connectivity index (χ4n) is 1.50. The van der Waals surface area contributed by atoms with E-state index in [9.17, 15) is 9.59 Å². The lowest BCUT2D eigenvalue weighted by Crippen LogP contribution is -2.10. The normalized spacial score (nSPS) is 10.0. The fourth-order valence-corrected chi connectivity index (χ4v) is 1.50. The minimum Gasteiger partial charge on any atom is -0.466 e. The molecule has 0 atom stereocenters. The van der Waals surface area contributed by atoms with Gasteiger partial charge in [0, 0.05) is 12.6 Å². The van der Waals surface area contributed by atoms with E-state index < -0.39 is 5.97 Å². The number of ether oxygens (including phenoxy) is 2. The fraction of sp³-hybridized carbons (Fsp3) is 0.462. The molecule has 104 valence electrons. The van der Waals surface area contributed by atoms with Gasteiger partial charge in [0.2, 0.25) is 0 Å². The van der Waals surface area contributed by atoms with E-state index in [1.54, 1.807) is 13.8 Å². The number of anilines is 1. The summed E-state index contributed by atoms with van der Waals surface area (Å²) in [5.74, 6) is -0.753. The average molecular weight is 266 g/mol. The maximum atomic E-state index is 11.5. The summed E-state index contributed by atoms with van der Waals surface area (Å²) in [6.07, 6.45) is 1.99. The lowest BCUT2D eigenvalue weighted by molar-refractivity contribution is -0.143. The van der Waals surface area contributed by atoms with Crippen LogP contribution in [-0.4, -0.2) is 30.1 Å². The van der Waals surface area contributed by atoms with E-state index >= 15 is 0 Å².